The number of alkyl carbamates (subject to hydrolysis) is 1. The normalized spacial score (nSPS) is 11.6. The van der Waals surface area contributed by atoms with Crippen LogP contribution in [0.5, 0.6) is 0 Å². The molecular weight excluding hydrogens is 383 g/mol. The second kappa shape index (κ2) is 10.7. The van der Waals surface area contributed by atoms with Crippen LogP contribution >= 0.6 is 34.5 Å². The van der Waals surface area contributed by atoms with Gasteiger partial charge in [-0.15, -0.1) is 11.3 Å². The number of aryl methyl sites for hydroxylation is 1. The van der Waals surface area contributed by atoms with Crippen LogP contribution < -0.4 is 10.6 Å². The van der Waals surface area contributed by atoms with Crippen LogP contribution in [0.4, 0.5) is 4.79 Å². The van der Waals surface area contributed by atoms with Gasteiger partial charge in [0, 0.05) is 19.5 Å². The summed E-state index contributed by atoms with van der Waals surface area (Å²) in [7, 11) is 0. The Labute approximate surface area is 162 Å². The molecule has 0 aliphatic rings. The van der Waals surface area contributed by atoms with E-state index in [4.69, 9.17) is 27.9 Å². The molecule has 0 aliphatic carbocycles. The van der Waals surface area contributed by atoms with Gasteiger partial charge in [-0.2, -0.15) is 0 Å². The van der Waals surface area contributed by atoms with Gasteiger partial charge in [-0.25, -0.2) is 4.79 Å². The zero-order valence-electron chi connectivity index (χ0n) is 14.7. The first-order chi connectivity index (χ1) is 11.7. The average molecular weight is 407 g/mol. The zero-order valence-corrected chi connectivity index (χ0v) is 17.0. The highest BCUT2D eigenvalue weighted by molar-refractivity contribution is 7.20. The molecule has 0 unspecified atom stereocenters. The monoisotopic (exact) mass is 406 g/mol. The van der Waals surface area contributed by atoms with E-state index in [0.717, 1.165) is 12.0 Å². The maximum atomic E-state index is 11.7. The van der Waals surface area contributed by atoms with Crippen molar-refractivity contribution in [3.8, 4) is 0 Å². The van der Waals surface area contributed by atoms with E-state index in [-0.39, 0.29) is 5.91 Å². The smallest absolute Gasteiger partial charge is 0.407 e. The number of nitrogens with one attached hydrogen (secondary N) is 2. The Bertz CT molecular complexity index is 610. The van der Waals surface area contributed by atoms with Gasteiger partial charge in [-0.3, -0.25) is 4.79 Å². The lowest BCUT2D eigenvalue weighted by Crippen LogP contribution is -2.32. The first-order valence-corrected chi connectivity index (χ1v) is 9.57. The molecule has 0 aromatic carbocycles. The van der Waals surface area contributed by atoms with Crippen LogP contribution in [-0.4, -0.2) is 30.7 Å². The first-order valence-electron chi connectivity index (χ1n) is 7.99. The van der Waals surface area contributed by atoms with E-state index in [1.165, 1.54) is 11.3 Å². The molecule has 0 aliphatic heterocycles. The van der Waals surface area contributed by atoms with Crippen molar-refractivity contribution < 1.29 is 14.3 Å². The zero-order chi connectivity index (χ0) is 18.9. The number of hydrogen-bond donors (Lipinski definition) is 2. The summed E-state index contributed by atoms with van der Waals surface area (Å²) in [5, 5.41) is 5.39. The van der Waals surface area contributed by atoms with Gasteiger partial charge in [0.1, 0.15) is 5.60 Å². The lowest BCUT2D eigenvalue weighted by atomic mass is 10.1. The van der Waals surface area contributed by atoms with Gasteiger partial charge in [0.25, 0.3) is 0 Å². The van der Waals surface area contributed by atoms with E-state index in [1.807, 2.05) is 6.07 Å². The minimum atomic E-state index is -0.514. The Kier molecular flexibility index (Phi) is 9.32. The summed E-state index contributed by atoms with van der Waals surface area (Å²) >= 11 is 13.3. The van der Waals surface area contributed by atoms with Gasteiger partial charge in [0.2, 0.25) is 5.91 Å². The number of halogens is 2. The lowest BCUT2D eigenvalue weighted by molar-refractivity contribution is -0.120. The van der Waals surface area contributed by atoms with Crippen LogP contribution in [0.25, 0.3) is 0 Å². The number of thiophene rings is 1. The fourth-order valence-electron chi connectivity index (χ4n) is 1.87. The summed E-state index contributed by atoms with van der Waals surface area (Å²) in [4.78, 5) is 23.1. The highest BCUT2D eigenvalue weighted by atomic mass is 35.5. The van der Waals surface area contributed by atoms with Crippen molar-refractivity contribution in [2.45, 2.75) is 45.6 Å². The Morgan fingerprint density at radius 1 is 1.20 bits per heavy atom. The Hall–Kier alpha value is -1.24. The van der Waals surface area contributed by atoms with Crippen molar-refractivity contribution in [2.24, 2.45) is 0 Å². The Balaban J connectivity index is 2.10. The van der Waals surface area contributed by atoms with E-state index < -0.39 is 11.7 Å². The SMILES string of the molecule is CC(C)(C)OC(=O)NC/C=C/CNC(=O)CCCc1cc(Cl)sc1Cl. The number of hydrogen-bond acceptors (Lipinski definition) is 4. The summed E-state index contributed by atoms with van der Waals surface area (Å²) in [5.41, 5.74) is 0.470. The third kappa shape index (κ3) is 10.4. The molecule has 25 heavy (non-hydrogen) atoms. The average Bonchev–Trinajstić information content (AvgIpc) is 2.79. The van der Waals surface area contributed by atoms with Crippen molar-refractivity contribution >= 4 is 46.5 Å². The van der Waals surface area contributed by atoms with Crippen molar-refractivity contribution in [1.82, 2.24) is 10.6 Å². The summed E-state index contributed by atoms with van der Waals surface area (Å²) in [6.45, 7) is 6.18. The largest absolute Gasteiger partial charge is 0.444 e. The molecule has 2 amide bonds. The van der Waals surface area contributed by atoms with E-state index >= 15 is 0 Å². The van der Waals surface area contributed by atoms with Crippen molar-refractivity contribution in [3.63, 3.8) is 0 Å². The molecule has 1 rings (SSSR count). The molecule has 0 saturated carbocycles. The highest BCUT2D eigenvalue weighted by Crippen LogP contribution is 2.31. The lowest BCUT2D eigenvalue weighted by Gasteiger charge is -2.19. The van der Waals surface area contributed by atoms with Gasteiger partial charge >= 0.3 is 6.09 Å². The van der Waals surface area contributed by atoms with Gasteiger partial charge < -0.3 is 15.4 Å². The molecule has 0 radical (unpaired) electrons. The van der Waals surface area contributed by atoms with Crippen LogP contribution in [0.3, 0.4) is 0 Å². The number of carbonyl (C=O) groups is 2. The third-order valence-electron chi connectivity index (χ3n) is 2.92. The molecule has 1 heterocycles. The van der Waals surface area contributed by atoms with Crippen molar-refractivity contribution in [1.29, 1.82) is 0 Å². The number of carbonyl (C=O) groups excluding carboxylic acids is 2. The van der Waals surface area contributed by atoms with E-state index in [1.54, 1.807) is 32.9 Å². The molecule has 140 valence electrons. The van der Waals surface area contributed by atoms with Crippen LogP contribution in [-0.2, 0) is 16.0 Å². The van der Waals surface area contributed by atoms with E-state index in [2.05, 4.69) is 10.6 Å². The molecule has 0 bridgehead atoms. The fourth-order valence-corrected chi connectivity index (χ4v) is 3.41. The Morgan fingerprint density at radius 3 is 2.40 bits per heavy atom. The molecule has 0 fully saturated rings. The summed E-state index contributed by atoms with van der Waals surface area (Å²) < 4.78 is 6.45. The number of ether oxygens (including phenoxy) is 1. The predicted octanol–water partition coefficient (Wildman–Crippen LogP) is 4.57. The van der Waals surface area contributed by atoms with Crippen LogP contribution in [0.2, 0.25) is 8.67 Å². The summed E-state index contributed by atoms with van der Waals surface area (Å²) in [6.07, 6.45) is 4.94. The Morgan fingerprint density at radius 2 is 1.84 bits per heavy atom. The molecule has 1 aromatic heterocycles. The minimum Gasteiger partial charge on any atom is -0.444 e. The summed E-state index contributed by atoms with van der Waals surface area (Å²) in [6, 6.07) is 1.84. The molecule has 0 saturated heterocycles. The van der Waals surface area contributed by atoms with Crippen molar-refractivity contribution in [3.05, 3.63) is 32.5 Å². The minimum absolute atomic E-state index is 0.0257. The standard InChI is InChI=1S/C17H24Cl2N2O3S/c1-17(2,3)24-16(23)21-10-5-4-9-20-14(22)8-6-7-12-11-13(18)25-15(12)19/h4-5,11H,6-10H2,1-3H3,(H,20,22)(H,21,23)/b5-4+. The molecule has 1 aromatic rings. The van der Waals surface area contributed by atoms with Crippen LogP contribution in [0.1, 0.15) is 39.2 Å². The molecule has 5 nitrogen and oxygen atoms in total. The predicted molar refractivity (Wildman–Crippen MR) is 104 cm³/mol. The molecule has 2 N–H and O–H groups in total. The molecule has 0 spiro atoms. The summed E-state index contributed by atoms with van der Waals surface area (Å²) in [5.74, 6) is -0.0257. The number of rotatable bonds is 8. The third-order valence-corrected chi connectivity index (χ3v) is 4.49. The topological polar surface area (TPSA) is 67.4 Å². The van der Waals surface area contributed by atoms with Gasteiger partial charge in [-0.1, -0.05) is 35.4 Å². The highest BCUT2D eigenvalue weighted by Gasteiger charge is 2.14. The van der Waals surface area contributed by atoms with Gasteiger partial charge in [0.05, 0.1) is 8.67 Å². The fraction of sp³-hybridized carbons (Fsp3) is 0.529. The molecular formula is C17H24Cl2N2O3S. The second-order valence-corrected chi connectivity index (χ2v) is 8.65. The van der Waals surface area contributed by atoms with E-state index in [9.17, 15) is 9.59 Å². The maximum absolute atomic E-state index is 11.7. The second-order valence-electron chi connectivity index (χ2n) is 6.36. The van der Waals surface area contributed by atoms with E-state index in [0.29, 0.717) is 34.6 Å². The van der Waals surface area contributed by atoms with Gasteiger partial charge in [0.15, 0.2) is 0 Å². The molecule has 8 heteroatoms. The molecule has 0 atom stereocenters. The van der Waals surface area contributed by atoms with Crippen LogP contribution in [0.15, 0.2) is 18.2 Å². The quantitative estimate of drug-likeness (QED) is 0.620. The van der Waals surface area contributed by atoms with Crippen molar-refractivity contribution in [2.75, 3.05) is 13.1 Å². The number of amides is 2. The maximum Gasteiger partial charge on any atom is 0.407 e. The van der Waals surface area contributed by atoms with Gasteiger partial charge in [-0.05, 0) is 45.2 Å². The van der Waals surface area contributed by atoms with Crippen LogP contribution in [0, 0.1) is 0 Å². The first kappa shape index (κ1) is 21.8.